The van der Waals surface area contributed by atoms with E-state index in [4.69, 9.17) is 0 Å². The lowest BCUT2D eigenvalue weighted by Gasteiger charge is -2.16. The van der Waals surface area contributed by atoms with Gasteiger partial charge in [0, 0.05) is 42.9 Å². The van der Waals surface area contributed by atoms with Gasteiger partial charge in [-0.2, -0.15) is 0 Å². The Kier molecular flexibility index (Phi) is 2.12. The summed E-state index contributed by atoms with van der Waals surface area (Å²) in [6.45, 7) is 2.10. The van der Waals surface area contributed by atoms with E-state index < -0.39 is 0 Å². The van der Waals surface area contributed by atoms with Gasteiger partial charge in [-0.3, -0.25) is 4.98 Å². The fourth-order valence-electron chi connectivity index (χ4n) is 1.76. The van der Waals surface area contributed by atoms with Crippen molar-refractivity contribution < 1.29 is 0 Å². The van der Waals surface area contributed by atoms with Gasteiger partial charge in [-0.1, -0.05) is 12.1 Å². The first-order valence-corrected chi connectivity index (χ1v) is 4.71. The fourth-order valence-corrected chi connectivity index (χ4v) is 1.76. The van der Waals surface area contributed by atoms with Gasteiger partial charge in [0.1, 0.15) is 0 Å². The average molecular weight is 186 g/mol. The number of aryl methyl sites for hydroxylation is 1. The van der Waals surface area contributed by atoms with E-state index in [2.05, 4.69) is 49.1 Å². The van der Waals surface area contributed by atoms with E-state index in [0.29, 0.717) is 0 Å². The summed E-state index contributed by atoms with van der Waals surface area (Å²) in [6, 6.07) is 6.30. The van der Waals surface area contributed by atoms with E-state index in [9.17, 15) is 0 Å². The highest BCUT2D eigenvalue weighted by Crippen LogP contribution is 2.27. The van der Waals surface area contributed by atoms with E-state index in [0.717, 1.165) is 0 Å². The van der Waals surface area contributed by atoms with Crippen molar-refractivity contribution in [1.82, 2.24) is 4.98 Å². The van der Waals surface area contributed by atoms with Gasteiger partial charge < -0.3 is 4.90 Å². The molecular weight excluding hydrogens is 172 g/mol. The molecule has 0 atom stereocenters. The largest absolute Gasteiger partial charge is 0.377 e. The van der Waals surface area contributed by atoms with E-state index in [-0.39, 0.29) is 0 Å². The summed E-state index contributed by atoms with van der Waals surface area (Å²) in [6.07, 6.45) is 3.82. The van der Waals surface area contributed by atoms with Crippen LogP contribution < -0.4 is 4.90 Å². The molecule has 2 heteroatoms. The maximum absolute atomic E-state index is 4.19. The van der Waals surface area contributed by atoms with Crippen molar-refractivity contribution in [2.45, 2.75) is 6.92 Å². The summed E-state index contributed by atoms with van der Waals surface area (Å²) in [5, 5.41) is 2.50. The summed E-state index contributed by atoms with van der Waals surface area (Å²) in [5.41, 5.74) is 2.48. The quantitative estimate of drug-likeness (QED) is 0.680. The molecule has 0 radical (unpaired) electrons. The monoisotopic (exact) mass is 186 g/mol. The molecule has 0 aliphatic carbocycles. The number of pyridine rings is 1. The molecule has 0 aliphatic rings. The van der Waals surface area contributed by atoms with Gasteiger partial charge in [-0.25, -0.2) is 0 Å². The number of hydrogen-bond acceptors (Lipinski definition) is 2. The summed E-state index contributed by atoms with van der Waals surface area (Å²) in [5.74, 6) is 0. The number of aromatic nitrogens is 1. The predicted molar refractivity (Wildman–Crippen MR) is 60.8 cm³/mol. The van der Waals surface area contributed by atoms with Gasteiger partial charge in [0.2, 0.25) is 0 Å². The minimum atomic E-state index is 1.20. The average Bonchev–Trinajstić information content (AvgIpc) is 2.17. The standard InChI is InChI=1S/C12H14N2/c1-9-7-13-8-10-5-4-6-11(12(9)10)14(2)3/h4-8H,1-3H3. The Bertz CT molecular complexity index is 456. The van der Waals surface area contributed by atoms with Crippen LogP contribution in [-0.4, -0.2) is 19.1 Å². The Labute approximate surface area is 84.2 Å². The molecule has 0 fully saturated rings. The zero-order valence-electron chi connectivity index (χ0n) is 8.78. The van der Waals surface area contributed by atoms with Crippen molar-refractivity contribution in [1.29, 1.82) is 0 Å². The molecule has 72 valence electrons. The van der Waals surface area contributed by atoms with Crippen LogP contribution in [0, 0.1) is 6.92 Å². The molecule has 0 N–H and O–H groups in total. The number of fused-ring (bicyclic) bond motifs is 1. The molecule has 0 aliphatic heterocycles. The van der Waals surface area contributed by atoms with Crippen LogP contribution in [0.5, 0.6) is 0 Å². The molecule has 0 saturated carbocycles. The Morgan fingerprint density at radius 3 is 2.64 bits per heavy atom. The second-order valence-corrected chi connectivity index (χ2v) is 3.73. The number of hydrogen-bond donors (Lipinski definition) is 0. The predicted octanol–water partition coefficient (Wildman–Crippen LogP) is 2.61. The molecule has 1 aromatic carbocycles. The lowest BCUT2D eigenvalue weighted by Crippen LogP contribution is -2.09. The van der Waals surface area contributed by atoms with Crippen molar-refractivity contribution in [3.8, 4) is 0 Å². The van der Waals surface area contributed by atoms with Crippen LogP contribution in [0.25, 0.3) is 10.8 Å². The van der Waals surface area contributed by atoms with E-state index >= 15 is 0 Å². The minimum Gasteiger partial charge on any atom is -0.377 e. The fraction of sp³-hybridized carbons (Fsp3) is 0.250. The maximum Gasteiger partial charge on any atom is 0.0444 e. The molecule has 14 heavy (non-hydrogen) atoms. The molecule has 1 aromatic heterocycles. The lowest BCUT2D eigenvalue weighted by atomic mass is 10.1. The third kappa shape index (κ3) is 1.33. The second-order valence-electron chi connectivity index (χ2n) is 3.73. The molecule has 0 unspecified atom stereocenters. The summed E-state index contributed by atoms with van der Waals surface area (Å²) in [7, 11) is 4.13. The first kappa shape index (κ1) is 9.00. The number of nitrogens with zero attached hydrogens (tertiary/aromatic N) is 2. The molecule has 1 heterocycles. The molecule has 0 spiro atoms. The van der Waals surface area contributed by atoms with Crippen LogP contribution in [0.2, 0.25) is 0 Å². The van der Waals surface area contributed by atoms with Gasteiger partial charge in [-0.05, 0) is 18.6 Å². The van der Waals surface area contributed by atoms with Crippen LogP contribution in [0.1, 0.15) is 5.56 Å². The van der Waals surface area contributed by atoms with E-state index in [1.54, 1.807) is 0 Å². The molecule has 2 rings (SSSR count). The van der Waals surface area contributed by atoms with Crippen molar-refractivity contribution >= 4 is 16.5 Å². The van der Waals surface area contributed by atoms with E-state index in [1.165, 1.54) is 22.0 Å². The maximum atomic E-state index is 4.19. The Morgan fingerprint density at radius 1 is 1.14 bits per heavy atom. The third-order valence-electron chi connectivity index (χ3n) is 2.43. The topological polar surface area (TPSA) is 16.1 Å². The van der Waals surface area contributed by atoms with Crippen molar-refractivity contribution in [3.63, 3.8) is 0 Å². The first-order chi connectivity index (χ1) is 6.70. The van der Waals surface area contributed by atoms with Crippen LogP contribution in [0.4, 0.5) is 5.69 Å². The molecule has 0 bridgehead atoms. The van der Waals surface area contributed by atoms with Gasteiger partial charge in [-0.15, -0.1) is 0 Å². The third-order valence-corrected chi connectivity index (χ3v) is 2.43. The summed E-state index contributed by atoms with van der Waals surface area (Å²) < 4.78 is 0. The molecule has 0 amide bonds. The van der Waals surface area contributed by atoms with Crippen LogP contribution >= 0.6 is 0 Å². The lowest BCUT2D eigenvalue weighted by molar-refractivity contribution is 1.14. The van der Waals surface area contributed by atoms with Crippen LogP contribution in [0.3, 0.4) is 0 Å². The highest BCUT2D eigenvalue weighted by molar-refractivity contribution is 5.95. The molecular formula is C12H14N2. The van der Waals surface area contributed by atoms with E-state index in [1.807, 2.05) is 12.4 Å². The Morgan fingerprint density at radius 2 is 1.93 bits per heavy atom. The Balaban J connectivity index is 2.84. The normalized spacial score (nSPS) is 10.5. The zero-order valence-corrected chi connectivity index (χ0v) is 8.78. The molecule has 0 saturated heterocycles. The molecule has 2 aromatic rings. The summed E-state index contributed by atoms with van der Waals surface area (Å²) >= 11 is 0. The number of anilines is 1. The number of rotatable bonds is 1. The highest BCUT2D eigenvalue weighted by atomic mass is 15.1. The van der Waals surface area contributed by atoms with Crippen molar-refractivity contribution in [2.24, 2.45) is 0 Å². The van der Waals surface area contributed by atoms with Gasteiger partial charge in [0.25, 0.3) is 0 Å². The zero-order chi connectivity index (χ0) is 10.1. The molecule has 2 nitrogen and oxygen atoms in total. The SMILES string of the molecule is Cc1cncc2cccc(N(C)C)c12. The van der Waals surface area contributed by atoms with Crippen molar-refractivity contribution in [2.75, 3.05) is 19.0 Å². The van der Waals surface area contributed by atoms with Gasteiger partial charge in [0.15, 0.2) is 0 Å². The highest BCUT2D eigenvalue weighted by Gasteiger charge is 2.04. The summed E-state index contributed by atoms with van der Waals surface area (Å²) in [4.78, 5) is 6.33. The second kappa shape index (κ2) is 3.29. The first-order valence-electron chi connectivity index (χ1n) is 4.71. The minimum absolute atomic E-state index is 1.20. The van der Waals surface area contributed by atoms with Crippen LogP contribution in [0.15, 0.2) is 30.6 Å². The van der Waals surface area contributed by atoms with Gasteiger partial charge in [0.05, 0.1) is 0 Å². The van der Waals surface area contributed by atoms with Crippen molar-refractivity contribution in [3.05, 3.63) is 36.2 Å². The van der Waals surface area contributed by atoms with Crippen LogP contribution in [-0.2, 0) is 0 Å². The smallest absolute Gasteiger partial charge is 0.0444 e. The Hall–Kier alpha value is -1.57. The van der Waals surface area contributed by atoms with Gasteiger partial charge >= 0.3 is 0 Å². The number of benzene rings is 1.